The summed E-state index contributed by atoms with van der Waals surface area (Å²) in [4.78, 5) is 13.3. The molecule has 5 heteroatoms. The number of benzene rings is 1. The normalized spacial score (nSPS) is 17.6. The third kappa shape index (κ3) is 2.39. The summed E-state index contributed by atoms with van der Waals surface area (Å²) in [5.74, 6) is 0.0696. The van der Waals surface area contributed by atoms with Crippen LogP contribution in [0.3, 0.4) is 0 Å². The van der Waals surface area contributed by atoms with Gasteiger partial charge in [0.25, 0.3) is 0 Å². The Morgan fingerprint density at radius 2 is 1.95 bits per heavy atom. The highest BCUT2D eigenvalue weighted by Crippen LogP contribution is 2.38. The first-order valence-corrected chi connectivity index (χ1v) is 7.51. The van der Waals surface area contributed by atoms with Gasteiger partial charge in [0.05, 0.1) is 16.6 Å². The number of nitrogens with one attached hydrogen (secondary N) is 1. The molecule has 1 aromatic heterocycles. The highest BCUT2D eigenvalue weighted by Gasteiger charge is 2.43. The van der Waals surface area contributed by atoms with Gasteiger partial charge in [-0.2, -0.15) is 5.10 Å². The van der Waals surface area contributed by atoms with Crippen LogP contribution in [0.1, 0.15) is 28.9 Å². The van der Waals surface area contributed by atoms with E-state index in [1.807, 2.05) is 30.3 Å². The van der Waals surface area contributed by atoms with Crippen LogP contribution in [0, 0.1) is 0 Å². The number of ketones is 1. The van der Waals surface area contributed by atoms with Gasteiger partial charge in [-0.05, 0) is 31.5 Å². The van der Waals surface area contributed by atoms with Crippen LogP contribution in [0.15, 0.2) is 36.5 Å². The number of carbonyl (C=O) groups excluding carboxylic acids is 1. The van der Waals surface area contributed by atoms with E-state index >= 15 is 0 Å². The van der Waals surface area contributed by atoms with Gasteiger partial charge >= 0.3 is 0 Å². The molecule has 2 heterocycles. The third-order valence-corrected chi connectivity index (χ3v) is 4.60. The van der Waals surface area contributed by atoms with Crippen LogP contribution in [0.5, 0.6) is 0 Å². The van der Waals surface area contributed by atoms with Gasteiger partial charge in [0.2, 0.25) is 0 Å². The Kier molecular flexibility index (Phi) is 3.83. The van der Waals surface area contributed by atoms with Crippen molar-refractivity contribution in [2.75, 3.05) is 13.1 Å². The monoisotopic (exact) mass is 303 g/mol. The first kappa shape index (κ1) is 14.3. The summed E-state index contributed by atoms with van der Waals surface area (Å²) >= 11 is 6.19. The fraction of sp³-hybridized carbons (Fsp3) is 0.375. The van der Waals surface area contributed by atoms with Crippen molar-refractivity contribution in [3.05, 3.63) is 52.8 Å². The van der Waals surface area contributed by atoms with E-state index in [9.17, 15) is 4.79 Å². The SMILES string of the molecule is Cn1ncc(Cl)c1C(=O)C1(c2ccccc2)CCNCC1. The summed E-state index contributed by atoms with van der Waals surface area (Å²) in [6.45, 7) is 1.66. The van der Waals surface area contributed by atoms with E-state index in [2.05, 4.69) is 10.4 Å². The standard InChI is InChI=1S/C16H18ClN3O/c1-20-14(13(17)11-19-20)15(21)16(7-9-18-10-8-16)12-5-3-2-4-6-12/h2-6,11,18H,7-10H2,1H3. The molecule has 0 saturated carbocycles. The van der Waals surface area contributed by atoms with E-state index in [4.69, 9.17) is 11.6 Å². The maximum atomic E-state index is 13.3. The lowest BCUT2D eigenvalue weighted by atomic mass is 9.69. The lowest BCUT2D eigenvalue weighted by Crippen LogP contribution is -2.46. The summed E-state index contributed by atoms with van der Waals surface area (Å²) < 4.78 is 1.58. The van der Waals surface area contributed by atoms with Gasteiger partial charge in [-0.15, -0.1) is 0 Å². The molecular formula is C16H18ClN3O. The van der Waals surface area contributed by atoms with Gasteiger partial charge in [0.1, 0.15) is 5.69 Å². The topological polar surface area (TPSA) is 46.9 Å². The first-order chi connectivity index (χ1) is 10.1. The van der Waals surface area contributed by atoms with Crippen molar-refractivity contribution in [3.63, 3.8) is 0 Å². The Balaban J connectivity index is 2.10. The first-order valence-electron chi connectivity index (χ1n) is 7.14. The Bertz CT molecular complexity index is 625. The van der Waals surface area contributed by atoms with Crippen molar-refractivity contribution in [3.8, 4) is 0 Å². The lowest BCUT2D eigenvalue weighted by molar-refractivity contribution is 0.0837. The maximum Gasteiger partial charge on any atom is 0.192 e. The highest BCUT2D eigenvalue weighted by atomic mass is 35.5. The molecule has 0 aliphatic carbocycles. The summed E-state index contributed by atoms with van der Waals surface area (Å²) in [5, 5.41) is 7.86. The molecule has 0 unspecified atom stereocenters. The van der Waals surface area contributed by atoms with E-state index in [0.29, 0.717) is 10.7 Å². The molecule has 1 N–H and O–H groups in total. The molecule has 1 aromatic carbocycles. The molecule has 2 aromatic rings. The van der Waals surface area contributed by atoms with Crippen molar-refractivity contribution in [1.82, 2.24) is 15.1 Å². The smallest absolute Gasteiger partial charge is 0.192 e. The fourth-order valence-electron chi connectivity index (χ4n) is 3.15. The molecule has 1 aliphatic heterocycles. The van der Waals surface area contributed by atoms with Crippen molar-refractivity contribution in [2.45, 2.75) is 18.3 Å². The zero-order chi connectivity index (χ0) is 14.9. The average molecular weight is 304 g/mol. The molecule has 0 amide bonds. The number of carbonyl (C=O) groups is 1. The van der Waals surface area contributed by atoms with E-state index in [-0.39, 0.29) is 5.78 Å². The molecule has 0 bridgehead atoms. The van der Waals surface area contributed by atoms with Gasteiger partial charge in [-0.25, -0.2) is 0 Å². The quantitative estimate of drug-likeness (QED) is 0.887. The van der Waals surface area contributed by atoms with Crippen molar-refractivity contribution >= 4 is 17.4 Å². The van der Waals surface area contributed by atoms with Crippen molar-refractivity contribution < 1.29 is 4.79 Å². The summed E-state index contributed by atoms with van der Waals surface area (Å²) in [6, 6.07) is 10.0. The number of aryl methyl sites for hydroxylation is 1. The van der Waals surface area contributed by atoms with E-state index < -0.39 is 5.41 Å². The molecule has 21 heavy (non-hydrogen) atoms. The molecule has 0 radical (unpaired) electrons. The largest absolute Gasteiger partial charge is 0.317 e. The molecule has 4 nitrogen and oxygen atoms in total. The number of piperidine rings is 1. The minimum absolute atomic E-state index is 0.0696. The fourth-order valence-corrected chi connectivity index (χ4v) is 3.40. The third-order valence-electron chi connectivity index (χ3n) is 4.33. The van der Waals surface area contributed by atoms with Gasteiger partial charge in [0, 0.05) is 7.05 Å². The second-order valence-corrected chi connectivity index (χ2v) is 5.90. The maximum absolute atomic E-state index is 13.3. The van der Waals surface area contributed by atoms with Gasteiger partial charge in [0.15, 0.2) is 5.78 Å². The van der Waals surface area contributed by atoms with Crippen molar-refractivity contribution in [2.24, 2.45) is 7.05 Å². The lowest BCUT2D eigenvalue weighted by Gasteiger charge is -2.36. The van der Waals surface area contributed by atoms with Crippen LogP contribution in [0.4, 0.5) is 0 Å². The molecular weight excluding hydrogens is 286 g/mol. The second kappa shape index (κ2) is 5.62. The Hall–Kier alpha value is -1.65. The molecule has 3 rings (SSSR count). The number of Topliss-reactive ketones (excluding diaryl/α,β-unsaturated/α-hetero) is 1. The molecule has 1 aliphatic rings. The Labute approximate surface area is 129 Å². The number of nitrogens with zero attached hydrogens (tertiary/aromatic N) is 2. The van der Waals surface area contributed by atoms with Gasteiger partial charge in [-0.1, -0.05) is 41.9 Å². The van der Waals surface area contributed by atoms with Gasteiger partial charge in [-0.3, -0.25) is 9.48 Å². The molecule has 0 atom stereocenters. The summed E-state index contributed by atoms with van der Waals surface area (Å²) in [6.07, 6.45) is 3.09. The second-order valence-electron chi connectivity index (χ2n) is 5.49. The van der Waals surface area contributed by atoms with Crippen LogP contribution < -0.4 is 5.32 Å². The predicted octanol–water partition coefficient (Wildman–Crippen LogP) is 2.58. The summed E-state index contributed by atoms with van der Waals surface area (Å²) in [7, 11) is 1.76. The average Bonchev–Trinajstić information content (AvgIpc) is 2.87. The zero-order valence-electron chi connectivity index (χ0n) is 12.0. The molecule has 1 saturated heterocycles. The van der Waals surface area contributed by atoms with Gasteiger partial charge < -0.3 is 5.32 Å². The minimum atomic E-state index is -0.510. The highest BCUT2D eigenvalue weighted by molar-refractivity contribution is 6.34. The molecule has 1 fully saturated rings. The number of hydrogen-bond donors (Lipinski definition) is 1. The molecule has 0 spiro atoms. The van der Waals surface area contributed by atoms with E-state index in [0.717, 1.165) is 31.5 Å². The number of hydrogen-bond acceptors (Lipinski definition) is 3. The molecule has 110 valence electrons. The predicted molar refractivity (Wildman–Crippen MR) is 82.8 cm³/mol. The Morgan fingerprint density at radius 3 is 2.52 bits per heavy atom. The number of rotatable bonds is 3. The number of halogens is 1. The van der Waals surface area contributed by atoms with Crippen LogP contribution >= 0.6 is 11.6 Å². The Morgan fingerprint density at radius 1 is 1.29 bits per heavy atom. The summed E-state index contributed by atoms with van der Waals surface area (Å²) in [5.41, 5.74) is 1.06. The number of aromatic nitrogens is 2. The van der Waals surface area contributed by atoms with Crippen LogP contribution in [-0.2, 0) is 12.5 Å². The van der Waals surface area contributed by atoms with Crippen LogP contribution in [-0.4, -0.2) is 28.7 Å². The van der Waals surface area contributed by atoms with E-state index in [1.165, 1.54) is 6.20 Å². The van der Waals surface area contributed by atoms with Crippen molar-refractivity contribution in [1.29, 1.82) is 0 Å². The minimum Gasteiger partial charge on any atom is -0.317 e. The van der Waals surface area contributed by atoms with E-state index in [1.54, 1.807) is 11.7 Å². The van der Waals surface area contributed by atoms with Crippen LogP contribution in [0.2, 0.25) is 5.02 Å². The zero-order valence-corrected chi connectivity index (χ0v) is 12.7. The van der Waals surface area contributed by atoms with Crippen LogP contribution in [0.25, 0.3) is 0 Å².